The zero-order valence-corrected chi connectivity index (χ0v) is 19.2. The first-order valence-electron chi connectivity index (χ1n) is 10.7. The number of rotatable bonds is 6. The van der Waals surface area contributed by atoms with Crippen LogP contribution in [0.1, 0.15) is 48.4 Å². The van der Waals surface area contributed by atoms with Gasteiger partial charge in [-0.1, -0.05) is 12.1 Å². The molecular weight excluding hydrogens is 454 g/mol. The van der Waals surface area contributed by atoms with Crippen LogP contribution in [0.3, 0.4) is 0 Å². The number of ketones is 1. The number of nitrogens with zero attached hydrogens (tertiary/aromatic N) is 3. The first-order valence-corrected chi connectivity index (χ1v) is 10.7. The van der Waals surface area contributed by atoms with E-state index in [2.05, 4.69) is 9.97 Å². The van der Waals surface area contributed by atoms with Gasteiger partial charge < -0.3 is 15.4 Å². The Bertz CT molecular complexity index is 1510. The van der Waals surface area contributed by atoms with E-state index in [1.807, 2.05) is 19.1 Å². The summed E-state index contributed by atoms with van der Waals surface area (Å²) >= 11 is 0. The first-order chi connectivity index (χ1) is 16.6. The zero-order valence-electron chi connectivity index (χ0n) is 19.2. The number of carboxylic acids is 1. The molecule has 3 heterocycles. The number of aromatic carboxylic acids is 1. The van der Waals surface area contributed by atoms with Crippen LogP contribution in [0.2, 0.25) is 0 Å². The van der Waals surface area contributed by atoms with Crippen molar-refractivity contribution in [3.05, 3.63) is 89.1 Å². The average Bonchev–Trinajstić information content (AvgIpc) is 3.19. The second-order valence-electron chi connectivity index (χ2n) is 8.18. The van der Waals surface area contributed by atoms with Gasteiger partial charge in [0, 0.05) is 46.6 Å². The summed E-state index contributed by atoms with van der Waals surface area (Å²) in [5.74, 6) is -4.55. The van der Waals surface area contributed by atoms with Gasteiger partial charge in [-0.25, -0.2) is 13.6 Å². The smallest absolute Gasteiger partial charge is 0.338 e. The topological polar surface area (TPSA) is 111 Å². The largest absolute Gasteiger partial charge is 0.478 e. The molecule has 7 nitrogen and oxygen atoms in total. The van der Waals surface area contributed by atoms with Gasteiger partial charge >= 0.3 is 5.97 Å². The predicted octanol–water partition coefficient (Wildman–Crippen LogP) is 4.96. The van der Waals surface area contributed by atoms with E-state index in [1.165, 1.54) is 19.2 Å². The second kappa shape index (κ2) is 9.09. The van der Waals surface area contributed by atoms with Crippen LogP contribution in [0.15, 0.2) is 60.7 Å². The summed E-state index contributed by atoms with van der Waals surface area (Å²) in [5, 5.41) is 9.13. The number of hydrogen-bond donors (Lipinski definition) is 2. The van der Waals surface area contributed by atoms with Crippen LogP contribution in [-0.4, -0.2) is 31.4 Å². The Labute approximate surface area is 199 Å². The first kappa shape index (κ1) is 23.7. The lowest BCUT2D eigenvalue weighted by molar-refractivity contribution is -0.111. The van der Waals surface area contributed by atoms with E-state index in [1.54, 1.807) is 36.0 Å². The fourth-order valence-electron chi connectivity index (χ4n) is 4.18. The Morgan fingerprint density at radius 2 is 1.80 bits per heavy atom. The Balaban J connectivity index is 2.02. The summed E-state index contributed by atoms with van der Waals surface area (Å²) in [6, 6.07) is 9.07. The minimum absolute atomic E-state index is 0.137. The van der Waals surface area contributed by atoms with Crippen LogP contribution < -0.4 is 5.73 Å². The van der Waals surface area contributed by atoms with E-state index in [-0.39, 0.29) is 23.0 Å². The number of fused-ring (bicyclic) bond motifs is 1. The van der Waals surface area contributed by atoms with Crippen molar-refractivity contribution >= 4 is 28.4 Å². The molecule has 0 amide bonds. The highest BCUT2D eigenvalue weighted by Gasteiger charge is 2.24. The Morgan fingerprint density at radius 1 is 1.06 bits per heavy atom. The van der Waals surface area contributed by atoms with Crippen molar-refractivity contribution in [3.63, 3.8) is 0 Å². The molecule has 0 saturated heterocycles. The normalized spacial score (nSPS) is 12.9. The molecule has 0 saturated carbocycles. The van der Waals surface area contributed by atoms with Crippen LogP contribution in [0.25, 0.3) is 27.7 Å². The van der Waals surface area contributed by atoms with Crippen LogP contribution in [-0.2, 0) is 4.79 Å². The monoisotopic (exact) mass is 476 g/mol. The molecule has 0 aliphatic heterocycles. The maximum atomic E-state index is 15.0. The van der Waals surface area contributed by atoms with E-state index in [9.17, 15) is 14.0 Å². The molecule has 0 unspecified atom stereocenters. The fraction of sp³-hybridized carbons (Fsp3) is 0.154. The predicted molar refractivity (Wildman–Crippen MR) is 128 cm³/mol. The number of pyridine rings is 2. The zero-order chi connectivity index (χ0) is 25.4. The Kier molecular flexibility index (Phi) is 6.17. The molecule has 4 rings (SSSR count). The molecular formula is C26H22F2N4O3. The van der Waals surface area contributed by atoms with Crippen molar-refractivity contribution in [2.75, 3.05) is 0 Å². The molecule has 4 aromatic rings. The summed E-state index contributed by atoms with van der Waals surface area (Å²) in [6.07, 6.45) is 4.72. The summed E-state index contributed by atoms with van der Waals surface area (Å²) < 4.78 is 31.4. The molecule has 0 fully saturated rings. The van der Waals surface area contributed by atoms with Gasteiger partial charge in [0.05, 0.1) is 28.3 Å². The molecule has 35 heavy (non-hydrogen) atoms. The number of aromatic nitrogens is 3. The minimum atomic E-state index is -1.57. The molecule has 0 aliphatic carbocycles. The van der Waals surface area contributed by atoms with Crippen molar-refractivity contribution in [1.82, 2.24) is 14.5 Å². The highest BCUT2D eigenvalue weighted by molar-refractivity contribution is 6.20. The maximum Gasteiger partial charge on any atom is 0.338 e. The van der Waals surface area contributed by atoms with E-state index >= 15 is 4.39 Å². The number of carbonyl (C=O) groups is 2. The van der Waals surface area contributed by atoms with Crippen LogP contribution in [0.5, 0.6) is 0 Å². The molecule has 0 radical (unpaired) electrons. The molecule has 3 N–H and O–H groups in total. The SMILES string of the molecule is CC(=O)C(=C(C)N)c1cnc2c(-c3ccc(C(=O)O)c(F)c3F)cn([C@@H](C)c3ccccn3)c2c1. The van der Waals surface area contributed by atoms with Gasteiger partial charge in [-0.2, -0.15) is 0 Å². The number of carboxylic acid groups (broad SMARTS) is 1. The van der Waals surface area contributed by atoms with Gasteiger partial charge in [0.15, 0.2) is 17.4 Å². The molecule has 178 valence electrons. The number of hydrogen-bond acceptors (Lipinski definition) is 5. The summed E-state index contributed by atoms with van der Waals surface area (Å²) in [7, 11) is 0. The van der Waals surface area contributed by atoms with Gasteiger partial charge in [-0.3, -0.25) is 14.8 Å². The lowest BCUT2D eigenvalue weighted by Crippen LogP contribution is -2.08. The Morgan fingerprint density at radius 3 is 2.40 bits per heavy atom. The second-order valence-corrected chi connectivity index (χ2v) is 8.18. The lowest BCUT2D eigenvalue weighted by atomic mass is 10.0. The molecule has 1 atom stereocenters. The number of Topliss-reactive ketones (excluding diaryl/α,β-unsaturated/α-hetero) is 1. The van der Waals surface area contributed by atoms with Gasteiger partial charge in [0.25, 0.3) is 0 Å². The third-order valence-electron chi connectivity index (χ3n) is 5.84. The van der Waals surface area contributed by atoms with Crippen molar-refractivity contribution in [3.8, 4) is 11.1 Å². The number of nitrogens with two attached hydrogens (primary N) is 1. The molecule has 0 spiro atoms. The average molecular weight is 476 g/mol. The quantitative estimate of drug-likeness (QED) is 0.381. The third-order valence-corrected chi connectivity index (χ3v) is 5.84. The highest BCUT2D eigenvalue weighted by atomic mass is 19.2. The summed E-state index contributed by atoms with van der Waals surface area (Å²) in [4.78, 5) is 32.3. The minimum Gasteiger partial charge on any atom is -0.478 e. The fourth-order valence-corrected chi connectivity index (χ4v) is 4.18. The van der Waals surface area contributed by atoms with Gasteiger partial charge in [-0.15, -0.1) is 0 Å². The van der Waals surface area contributed by atoms with Crippen LogP contribution in [0.4, 0.5) is 8.78 Å². The summed E-state index contributed by atoms with van der Waals surface area (Å²) in [6.45, 7) is 4.90. The van der Waals surface area contributed by atoms with E-state index in [4.69, 9.17) is 10.8 Å². The number of carbonyl (C=O) groups excluding carboxylic acids is 1. The standard InChI is InChI=1S/C26H22F2N4O3/c1-13(29)22(15(3)33)16-10-21-25(31-11-16)19(12-32(21)14(2)20-6-4-5-9-30-20)17-7-8-18(26(34)35)24(28)23(17)27/h4-12,14H,29H2,1-3H3,(H,34,35)/t14-/m0/s1. The molecule has 1 aromatic carbocycles. The van der Waals surface area contributed by atoms with Crippen molar-refractivity contribution < 1.29 is 23.5 Å². The van der Waals surface area contributed by atoms with Gasteiger partial charge in [-0.05, 0) is 45.0 Å². The highest BCUT2D eigenvalue weighted by Crippen LogP contribution is 2.36. The van der Waals surface area contributed by atoms with Crippen molar-refractivity contribution in [1.29, 1.82) is 0 Å². The maximum absolute atomic E-state index is 15.0. The van der Waals surface area contributed by atoms with Gasteiger partial charge in [0.2, 0.25) is 0 Å². The van der Waals surface area contributed by atoms with E-state index in [0.29, 0.717) is 33.6 Å². The number of benzene rings is 1. The van der Waals surface area contributed by atoms with Gasteiger partial charge in [0.1, 0.15) is 0 Å². The van der Waals surface area contributed by atoms with E-state index in [0.717, 1.165) is 6.07 Å². The summed E-state index contributed by atoms with van der Waals surface area (Å²) in [5.41, 5.74) is 8.03. The lowest BCUT2D eigenvalue weighted by Gasteiger charge is -2.15. The molecule has 0 bridgehead atoms. The van der Waals surface area contributed by atoms with Crippen molar-refractivity contribution in [2.45, 2.75) is 26.8 Å². The Hall–Kier alpha value is -4.40. The van der Waals surface area contributed by atoms with Crippen molar-refractivity contribution in [2.24, 2.45) is 5.73 Å². The molecule has 3 aromatic heterocycles. The number of allylic oxidation sites excluding steroid dienone is 2. The van der Waals surface area contributed by atoms with Crippen LogP contribution >= 0.6 is 0 Å². The molecule has 0 aliphatic rings. The molecule has 9 heteroatoms. The van der Waals surface area contributed by atoms with Crippen LogP contribution in [0, 0.1) is 11.6 Å². The third kappa shape index (κ3) is 4.16. The number of halogens is 2. The van der Waals surface area contributed by atoms with E-state index < -0.39 is 23.2 Å².